The second-order valence-electron chi connectivity index (χ2n) is 5.02. The molecule has 3 N–H and O–H groups in total. The molecule has 4 rings (SSSR count). The normalized spacial score (nSPS) is 11.3. The fourth-order valence-electron chi connectivity index (χ4n) is 2.78. The van der Waals surface area contributed by atoms with E-state index in [4.69, 9.17) is 0 Å². The first-order chi connectivity index (χ1) is 10.7. The molecule has 22 heavy (non-hydrogen) atoms. The number of para-hydroxylation sites is 1. The van der Waals surface area contributed by atoms with Crippen molar-refractivity contribution in [3.63, 3.8) is 0 Å². The second kappa shape index (κ2) is 4.42. The number of aromatic hydroxyl groups is 1. The molecule has 0 atom stereocenters. The van der Waals surface area contributed by atoms with Gasteiger partial charge in [0, 0.05) is 21.8 Å². The molecule has 0 aliphatic rings. The van der Waals surface area contributed by atoms with Crippen molar-refractivity contribution in [2.45, 2.75) is 0 Å². The lowest BCUT2D eigenvalue weighted by molar-refractivity contribution is 0.483. The number of hydrogen-bond donors (Lipinski definition) is 3. The zero-order chi connectivity index (χ0) is 15.3. The molecule has 0 unspecified atom stereocenters. The molecule has 0 radical (unpaired) electrons. The van der Waals surface area contributed by atoms with Gasteiger partial charge < -0.3 is 15.1 Å². The van der Waals surface area contributed by atoms with E-state index in [1.807, 2.05) is 24.3 Å². The van der Waals surface area contributed by atoms with Crippen LogP contribution >= 0.6 is 0 Å². The summed E-state index contributed by atoms with van der Waals surface area (Å²) in [6.07, 6.45) is 0. The van der Waals surface area contributed by atoms with Crippen molar-refractivity contribution >= 4 is 27.6 Å². The van der Waals surface area contributed by atoms with Gasteiger partial charge in [0.1, 0.15) is 11.6 Å². The minimum absolute atomic E-state index is 0.107. The van der Waals surface area contributed by atoms with E-state index in [1.54, 1.807) is 0 Å². The Balaban J connectivity index is 2.11. The Morgan fingerprint density at radius 3 is 2.59 bits per heavy atom. The molecule has 0 spiro atoms. The van der Waals surface area contributed by atoms with E-state index in [1.165, 1.54) is 18.2 Å². The minimum atomic E-state index is -0.444. The lowest BCUT2D eigenvalue weighted by Gasteiger charge is -1.98. The number of fused-ring (bicyclic) bond motifs is 2. The molecule has 6 heteroatoms. The summed E-state index contributed by atoms with van der Waals surface area (Å²) in [6, 6.07) is 11.4. The van der Waals surface area contributed by atoms with Gasteiger partial charge in [-0.15, -0.1) is 4.91 Å². The number of hydrogen-bond acceptors (Lipinski definition) is 3. The van der Waals surface area contributed by atoms with Crippen molar-refractivity contribution in [1.29, 1.82) is 0 Å². The van der Waals surface area contributed by atoms with Crippen LogP contribution < -0.4 is 0 Å². The number of halogens is 1. The Bertz CT molecular complexity index is 1030. The summed E-state index contributed by atoms with van der Waals surface area (Å²) in [5.74, 6) is -0.436. The van der Waals surface area contributed by atoms with Gasteiger partial charge in [0.05, 0.1) is 11.3 Å². The molecule has 0 bridgehead atoms. The smallest absolute Gasteiger partial charge is 0.185 e. The summed E-state index contributed by atoms with van der Waals surface area (Å²) in [5, 5.41) is 14.5. The molecule has 0 aliphatic heterocycles. The predicted molar refractivity (Wildman–Crippen MR) is 82.7 cm³/mol. The molecule has 0 fully saturated rings. The van der Waals surface area contributed by atoms with Crippen LogP contribution in [0.4, 0.5) is 10.2 Å². The number of nitrogens with one attached hydrogen (secondary N) is 2. The Hall–Kier alpha value is -3.15. The van der Waals surface area contributed by atoms with Gasteiger partial charge in [-0.2, -0.15) is 0 Å². The Morgan fingerprint density at radius 2 is 1.77 bits per heavy atom. The first-order valence-electron chi connectivity index (χ1n) is 6.63. The average molecular weight is 295 g/mol. The van der Waals surface area contributed by atoms with Crippen LogP contribution in [0.2, 0.25) is 0 Å². The SMILES string of the molecule is O=Nc1[nH]c2ccccc2c1-c1[nH]c2ccc(F)cc2c1O. The molecule has 2 aromatic heterocycles. The minimum Gasteiger partial charge on any atom is -0.505 e. The number of aromatic amines is 2. The largest absolute Gasteiger partial charge is 0.505 e. The maximum absolute atomic E-state index is 13.4. The maximum atomic E-state index is 13.4. The number of aromatic nitrogens is 2. The molecule has 0 saturated heterocycles. The molecule has 5 nitrogen and oxygen atoms in total. The number of H-pyrrole nitrogens is 2. The van der Waals surface area contributed by atoms with Crippen molar-refractivity contribution in [2.75, 3.05) is 0 Å². The topological polar surface area (TPSA) is 81.2 Å². The summed E-state index contributed by atoms with van der Waals surface area (Å²) < 4.78 is 13.4. The van der Waals surface area contributed by atoms with E-state index in [0.29, 0.717) is 22.2 Å². The molecule has 2 heterocycles. The van der Waals surface area contributed by atoms with E-state index in [9.17, 15) is 14.4 Å². The van der Waals surface area contributed by atoms with Crippen LogP contribution in [0.5, 0.6) is 5.75 Å². The highest BCUT2D eigenvalue weighted by molar-refractivity contribution is 6.06. The highest BCUT2D eigenvalue weighted by Crippen LogP contribution is 2.43. The molecule has 0 saturated carbocycles. The van der Waals surface area contributed by atoms with Gasteiger partial charge in [-0.1, -0.05) is 18.2 Å². The van der Waals surface area contributed by atoms with Gasteiger partial charge in [-0.25, -0.2) is 4.39 Å². The van der Waals surface area contributed by atoms with Crippen molar-refractivity contribution in [1.82, 2.24) is 9.97 Å². The number of nitrogens with zero attached hydrogens (tertiary/aromatic N) is 1. The van der Waals surface area contributed by atoms with Crippen LogP contribution in [0, 0.1) is 10.7 Å². The lowest BCUT2D eigenvalue weighted by atomic mass is 10.1. The van der Waals surface area contributed by atoms with Crippen LogP contribution in [0.1, 0.15) is 0 Å². The highest BCUT2D eigenvalue weighted by Gasteiger charge is 2.20. The van der Waals surface area contributed by atoms with Crippen LogP contribution in [0.15, 0.2) is 47.6 Å². The van der Waals surface area contributed by atoms with Gasteiger partial charge in [-0.05, 0) is 29.4 Å². The summed E-state index contributed by atoms with van der Waals surface area (Å²) in [4.78, 5) is 17.0. The second-order valence-corrected chi connectivity index (χ2v) is 5.02. The average Bonchev–Trinajstić information content (AvgIpc) is 3.05. The third-order valence-electron chi connectivity index (χ3n) is 3.76. The van der Waals surface area contributed by atoms with Crippen molar-refractivity contribution in [2.24, 2.45) is 5.18 Å². The third kappa shape index (κ3) is 1.64. The van der Waals surface area contributed by atoms with Crippen LogP contribution in [-0.4, -0.2) is 15.1 Å². The summed E-state index contributed by atoms with van der Waals surface area (Å²) in [6.45, 7) is 0. The van der Waals surface area contributed by atoms with Crippen molar-refractivity contribution in [3.05, 3.63) is 53.2 Å². The fraction of sp³-hybridized carbons (Fsp3) is 0. The summed E-state index contributed by atoms with van der Waals surface area (Å²) in [7, 11) is 0. The molecular weight excluding hydrogens is 285 g/mol. The Kier molecular flexibility index (Phi) is 2.53. The summed E-state index contributed by atoms with van der Waals surface area (Å²) in [5.41, 5.74) is 2.12. The van der Waals surface area contributed by atoms with E-state index in [-0.39, 0.29) is 11.6 Å². The van der Waals surface area contributed by atoms with E-state index < -0.39 is 5.82 Å². The van der Waals surface area contributed by atoms with Crippen molar-refractivity contribution < 1.29 is 9.50 Å². The fourth-order valence-corrected chi connectivity index (χ4v) is 2.78. The molecule has 4 aromatic rings. The standard InChI is InChI=1S/C16H10FN3O2/c17-8-5-6-12-10(7-8)15(21)14(18-12)13-9-3-1-2-4-11(9)19-16(13)20-22/h1-7,18-19,21H. The highest BCUT2D eigenvalue weighted by atomic mass is 19.1. The first-order valence-corrected chi connectivity index (χ1v) is 6.63. The van der Waals surface area contributed by atoms with Gasteiger partial charge in [-0.3, -0.25) is 0 Å². The van der Waals surface area contributed by atoms with Crippen molar-refractivity contribution in [3.8, 4) is 17.0 Å². The monoisotopic (exact) mass is 295 g/mol. The Morgan fingerprint density at radius 1 is 1.00 bits per heavy atom. The first kappa shape index (κ1) is 12.6. The van der Waals surface area contributed by atoms with Gasteiger partial charge in [0.25, 0.3) is 0 Å². The van der Waals surface area contributed by atoms with Crippen LogP contribution in [-0.2, 0) is 0 Å². The molecular formula is C16H10FN3O2. The summed E-state index contributed by atoms with van der Waals surface area (Å²) >= 11 is 0. The number of nitroso groups, excluding NO2 is 1. The van der Waals surface area contributed by atoms with E-state index >= 15 is 0 Å². The van der Waals surface area contributed by atoms with Gasteiger partial charge in [0.15, 0.2) is 5.82 Å². The molecule has 0 amide bonds. The van der Waals surface area contributed by atoms with Gasteiger partial charge in [0.2, 0.25) is 0 Å². The molecule has 2 aromatic carbocycles. The molecule has 0 aliphatic carbocycles. The maximum Gasteiger partial charge on any atom is 0.185 e. The van der Waals surface area contributed by atoms with Gasteiger partial charge >= 0.3 is 0 Å². The van der Waals surface area contributed by atoms with Crippen LogP contribution in [0.25, 0.3) is 33.1 Å². The lowest BCUT2D eigenvalue weighted by Crippen LogP contribution is -1.77. The van der Waals surface area contributed by atoms with E-state index in [2.05, 4.69) is 15.1 Å². The zero-order valence-electron chi connectivity index (χ0n) is 11.2. The number of rotatable bonds is 2. The molecule has 108 valence electrons. The van der Waals surface area contributed by atoms with Crippen LogP contribution in [0.3, 0.4) is 0 Å². The zero-order valence-corrected chi connectivity index (χ0v) is 11.2. The Labute approximate surface area is 123 Å². The van der Waals surface area contributed by atoms with E-state index in [0.717, 1.165) is 10.9 Å². The number of benzene rings is 2. The predicted octanol–water partition coefficient (Wildman–Crippen LogP) is 4.56. The quantitative estimate of drug-likeness (QED) is 0.474. The third-order valence-corrected chi connectivity index (χ3v) is 3.76.